The lowest BCUT2D eigenvalue weighted by Crippen LogP contribution is -2.49. The van der Waals surface area contributed by atoms with Gasteiger partial charge in [0.2, 0.25) is 5.91 Å². The predicted molar refractivity (Wildman–Crippen MR) is 143 cm³/mol. The number of aromatic nitrogens is 2. The molecular weight excluding hydrogens is 476 g/mol. The zero-order valence-electron chi connectivity index (χ0n) is 20.4. The van der Waals surface area contributed by atoms with Gasteiger partial charge >= 0.3 is 0 Å². The van der Waals surface area contributed by atoms with Crippen LogP contribution in [-0.2, 0) is 4.79 Å². The van der Waals surface area contributed by atoms with Crippen LogP contribution in [0.1, 0.15) is 19.8 Å². The van der Waals surface area contributed by atoms with Crippen molar-refractivity contribution in [1.82, 2.24) is 14.9 Å². The number of hydrogen-bond acceptors (Lipinski definition) is 8. The summed E-state index contributed by atoms with van der Waals surface area (Å²) in [5, 5.41) is 11.7. The predicted octanol–water partition coefficient (Wildman–Crippen LogP) is 4.22. The van der Waals surface area contributed by atoms with Crippen molar-refractivity contribution in [2.45, 2.75) is 24.8 Å². The maximum Gasteiger partial charge on any atom is 0.269 e. The third kappa shape index (κ3) is 5.38. The van der Waals surface area contributed by atoms with Crippen LogP contribution in [0.2, 0.25) is 0 Å². The average molecular weight is 507 g/mol. The third-order valence-corrected chi connectivity index (χ3v) is 7.93. The quantitative estimate of drug-likeness (QED) is 0.279. The van der Waals surface area contributed by atoms with Crippen molar-refractivity contribution in [1.29, 1.82) is 0 Å². The molecule has 10 heteroatoms. The number of fused-ring (bicyclic) bond motifs is 1. The first kappa shape index (κ1) is 24.3. The second-order valence-corrected chi connectivity index (χ2v) is 10.4. The Bertz CT molecular complexity index is 1240. The van der Waals surface area contributed by atoms with Crippen LogP contribution in [0.3, 0.4) is 0 Å². The molecule has 1 amide bonds. The van der Waals surface area contributed by atoms with E-state index in [1.165, 1.54) is 23.9 Å². The summed E-state index contributed by atoms with van der Waals surface area (Å²) in [6.07, 6.45) is 2.27. The van der Waals surface area contributed by atoms with Gasteiger partial charge in [0.05, 0.1) is 21.7 Å². The number of nitro benzene ring substituents is 1. The lowest BCUT2D eigenvalue weighted by Gasteiger charge is -2.36. The molecule has 3 heterocycles. The van der Waals surface area contributed by atoms with Gasteiger partial charge in [-0.3, -0.25) is 14.9 Å². The zero-order valence-corrected chi connectivity index (χ0v) is 21.2. The van der Waals surface area contributed by atoms with Gasteiger partial charge in [0.25, 0.3) is 5.69 Å². The molecule has 2 aromatic carbocycles. The van der Waals surface area contributed by atoms with E-state index in [2.05, 4.69) is 16.7 Å². The molecule has 2 saturated heterocycles. The molecule has 0 radical (unpaired) electrons. The summed E-state index contributed by atoms with van der Waals surface area (Å²) in [7, 11) is 0. The second kappa shape index (κ2) is 10.7. The number of non-ortho nitro benzene ring substituents is 1. The fourth-order valence-electron chi connectivity index (χ4n) is 4.72. The van der Waals surface area contributed by atoms with E-state index >= 15 is 0 Å². The van der Waals surface area contributed by atoms with Crippen LogP contribution in [0.4, 0.5) is 17.2 Å². The van der Waals surface area contributed by atoms with Gasteiger partial charge in [-0.15, -0.1) is 0 Å². The molecule has 3 aromatic rings. The van der Waals surface area contributed by atoms with Crippen LogP contribution in [0.15, 0.2) is 53.6 Å². The van der Waals surface area contributed by atoms with E-state index in [4.69, 9.17) is 9.97 Å². The lowest BCUT2D eigenvalue weighted by molar-refractivity contribution is -0.384. The van der Waals surface area contributed by atoms with Gasteiger partial charge in [-0.05, 0) is 43.0 Å². The maximum absolute atomic E-state index is 13.1. The van der Waals surface area contributed by atoms with E-state index in [0.29, 0.717) is 31.9 Å². The summed E-state index contributed by atoms with van der Waals surface area (Å²) in [6.45, 7) is 6.84. The highest BCUT2D eigenvalue weighted by Crippen LogP contribution is 2.32. The summed E-state index contributed by atoms with van der Waals surface area (Å²) < 4.78 is 0. The van der Waals surface area contributed by atoms with Crippen molar-refractivity contribution in [3.8, 4) is 0 Å². The fraction of sp³-hybridized carbons (Fsp3) is 0.423. The van der Waals surface area contributed by atoms with Gasteiger partial charge in [-0.2, -0.15) is 0 Å². The van der Waals surface area contributed by atoms with Crippen molar-refractivity contribution in [2.24, 2.45) is 5.92 Å². The van der Waals surface area contributed by atoms with E-state index in [-0.39, 0.29) is 11.6 Å². The minimum atomic E-state index is -0.394. The van der Waals surface area contributed by atoms with Gasteiger partial charge < -0.3 is 14.7 Å². The van der Waals surface area contributed by atoms with Gasteiger partial charge in [0.1, 0.15) is 5.03 Å². The first-order chi connectivity index (χ1) is 17.5. The molecular formula is C26H30N6O3S. The summed E-state index contributed by atoms with van der Waals surface area (Å²) in [6, 6.07) is 14.5. The second-order valence-electron chi connectivity index (χ2n) is 9.44. The third-order valence-electron chi connectivity index (χ3n) is 6.99. The van der Waals surface area contributed by atoms with Crippen LogP contribution in [-0.4, -0.2) is 70.7 Å². The van der Waals surface area contributed by atoms with E-state index in [0.717, 1.165) is 59.4 Å². The molecule has 2 aliphatic heterocycles. The van der Waals surface area contributed by atoms with Crippen LogP contribution in [0.5, 0.6) is 0 Å². The molecule has 1 aromatic heterocycles. The van der Waals surface area contributed by atoms with Crippen LogP contribution >= 0.6 is 11.8 Å². The number of para-hydroxylation sites is 2. The molecule has 2 fully saturated rings. The number of nitro groups is 1. The Morgan fingerprint density at radius 2 is 1.58 bits per heavy atom. The number of rotatable bonds is 6. The van der Waals surface area contributed by atoms with Crippen LogP contribution < -0.4 is 9.80 Å². The Labute approximate surface area is 214 Å². The number of hydrogen-bond donors (Lipinski definition) is 0. The number of amides is 1. The molecule has 0 unspecified atom stereocenters. The van der Waals surface area contributed by atoms with Crippen molar-refractivity contribution in [2.75, 3.05) is 54.8 Å². The summed E-state index contributed by atoms with van der Waals surface area (Å²) >= 11 is 1.48. The normalized spacial score (nSPS) is 17.0. The van der Waals surface area contributed by atoms with Gasteiger partial charge in [-0.25, -0.2) is 9.97 Å². The van der Waals surface area contributed by atoms with Crippen LogP contribution in [0.25, 0.3) is 11.0 Å². The zero-order chi connectivity index (χ0) is 25.1. The monoisotopic (exact) mass is 506 g/mol. The SMILES string of the molecule is CC1CCN(c2nc3ccccc3nc2SCC(=O)N2CCN(c3ccc([N+](=O)[O-])cc3)CC2)CC1. The molecule has 36 heavy (non-hydrogen) atoms. The molecule has 0 atom stereocenters. The minimum absolute atomic E-state index is 0.0832. The number of nitrogens with zero attached hydrogens (tertiary/aromatic N) is 6. The lowest BCUT2D eigenvalue weighted by atomic mass is 9.99. The molecule has 0 spiro atoms. The molecule has 0 saturated carbocycles. The first-order valence-electron chi connectivity index (χ1n) is 12.4. The molecule has 0 bridgehead atoms. The number of piperidine rings is 1. The highest BCUT2D eigenvalue weighted by molar-refractivity contribution is 8.00. The minimum Gasteiger partial charge on any atom is -0.368 e. The van der Waals surface area contributed by atoms with E-state index < -0.39 is 4.92 Å². The van der Waals surface area contributed by atoms with E-state index in [9.17, 15) is 14.9 Å². The van der Waals surface area contributed by atoms with Crippen molar-refractivity contribution < 1.29 is 9.72 Å². The molecule has 0 N–H and O–H groups in total. The molecule has 5 rings (SSSR count). The number of benzene rings is 2. The molecule has 2 aliphatic rings. The Morgan fingerprint density at radius 3 is 2.22 bits per heavy atom. The number of piperazine rings is 1. The van der Waals surface area contributed by atoms with Gasteiger partial charge in [0, 0.05) is 57.1 Å². The summed E-state index contributed by atoms with van der Waals surface area (Å²) in [5.41, 5.74) is 2.75. The van der Waals surface area contributed by atoms with Gasteiger partial charge in [0.15, 0.2) is 5.82 Å². The highest BCUT2D eigenvalue weighted by Gasteiger charge is 2.25. The summed E-state index contributed by atoms with van der Waals surface area (Å²) in [5.74, 6) is 2.02. The molecule has 188 valence electrons. The smallest absolute Gasteiger partial charge is 0.269 e. The largest absolute Gasteiger partial charge is 0.368 e. The Balaban J connectivity index is 1.22. The number of thioether (sulfide) groups is 1. The van der Waals surface area contributed by atoms with Crippen molar-refractivity contribution in [3.05, 3.63) is 58.6 Å². The van der Waals surface area contributed by atoms with Crippen molar-refractivity contribution in [3.63, 3.8) is 0 Å². The van der Waals surface area contributed by atoms with Crippen LogP contribution in [0, 0.1) is 16.0 Å². The molecule has 0 aliphatic carbocycles. The Hall–Kier alpha value is -3.40. The summed E-state index contributed by atoms with van der Waals surface area (Å²) in [4.78, 5) is 39.8. The fourth-order valence-corrected chi connectivity index (χ4v) is 5.63. The first-order valence-corrected chi connectivity index (χ1v) is 13.4. The maximum atomic E-state index is 13.1. The van der Waals surface area contributed by atoms with E-state index in [1.54, 1.807) is 12.1 Å². The standard InChI is InChI=1S/C26H30N6O3S/c1-19-10-12-31(13-11-19)25-26(28-23-5-3-2-4-22(23)27-25)36-18-24(33)30-16-14-29(15-17-30)20-6-8-21(9-7-20)32(34)35/h2-9,19H,10-18H2,1H3. The average Bonchev–Trinajstić information content (AvgIpc) is 2.92. The Kier molecular flexibility index (Phi) is 7.22. The number of anilines is 2. The van der Waals surface area contributed by atoms with E-state index in [1.807, 2.05) is 29.2 Å². The topological polar surface area (TPSA) is 95.7 Å². The highest BCUT2D eigenvalue weighted by atomic mass is 32.2. The number of carbonyl (C=O) groups excluding carboxylic acids is 1. The Morgan fingerprint density at radius 1 is 0.944 bits per heavy atom. The molecule has 9 nitrogen and oxygen atoms in total. The number of carbonyl (C=O) groups is 1. The van der Waals surface area contributed by atoms with Crippen molar-refractivity contribution >= 4 is 45.9 Å². The van der Waals surface area contributed by atoms with Gasteiger partial charge in [-0.1, -0.05) is 30.8 Å².